The van der Waals surface area contributed by atoms with Crippen LogP contribution in [0.25, 0.3) is 0 Å². The van der Waals surface area contributed by atoms with Crippen LogP contribution in [0.4, 0.5) is 11.4 Å². The minimum Gasteiger partial charge on any atom is -0.398 e. The van der Waals surface area contributed by atoms with Gasteiger partial charge in [-0.1, -0.05) is 40.5 Å². The number of nitrogens with two attached hydrogens (primary N) is 1. The second-order valence-electron chi connectivity index (χ2n) is 4.31. The van der Waals surface area contributed by atoms with Crippen molar-refractivity contribution in [2.45, 2.75) is 13.3 Å². The fourth-order valence-electron chi connectivity index (χ4n) is 1.94. The molecule has 104 valence electrons. The Hall–Kier alpha value is -1.52. The van der Waals surface area contributed by atoms with Gasteiger partial charge in [0.05, 0.1) is 10.6 Å². The van der Waals surface area contributed by atoms with Gasteiger partial charge in [0.25, 0.3) is 5.91 Å². The molecular weight excluding hydrogens is 340 g/mol. The molecule has 0 atom stereocenters. The molecule has 0 saturated carbocycles. The van der Waals surface area contributed by atoms with Gasteiger partial charge in [0.2, 0.25) is 0 Å². The van der Waals surface area contributed by atoms with E-state index in [1.54, 1.807) is 18.2 Å². The van der Waals surface area contributed by atoms with Crippen LogP contribution in [0.2, 0.25) is 5.02 Å². The van der Waals surface area contributed by atoms with E-state index < -0.39 is 0 Å². The first-order valence-corrected chi connectivity index (χ1v) is 7.33. The zero-order valence-corrected chi connectivity index (χ0v) is 13.3. The molecule has 2 aromatic rings. The van der Waals surface area contributed by atoms with Gasteiger partial charge in [0, 0.05) is 15.8 Å². The van der Waals surface area contributed by atoms with Crippen LogP contribution >= 0.6 is 27.5 Å². The SMILES string of the molecule is CCc1cc(Br)ccc1NC(=O)c1c(N)cccc1Cl. The molecule has 2 rings (SSSR count). The van der Waals surface area contributed by atoms with Gasteiger partial charge in [-0.05, 0) is 42.3 Å². The summed E-state index contributed by atoms with van der Waals surface area (Å²) >= 11 is 9.46. The van der Waals surface area contributed by atoms with Crippen molar-refractivity contribution in [2.75, 3.05) is 11.1 Å². The van der Waals surface area contributed by atoms with Crippen LogP contribution in [0.15, 0.2) is 40.9 Å². The number of nitrogen functional groups attached to an aromatic ring is 1. The molecule has 0 aromatic heterocycles. The van der Waals surface area contributed by atoms with Crippen molar-refractivity contribution in [1.29, 1.82) is 0 Å². The molecule has 3 nitrogen and oxygen atoms in total. The number of rotatable bonds is 3. The number of halogens is 2. The van der Waals surface area contributed by atoms with Crippen molar-refractivity contribution in [3.63, 3.8) is 0 Å². The Balaban J connectivity index is 2.33. The number of aryl methyl sites for hydroxylation is 1. The van der Waals surface area contributed by atoms with E-state index >= 15 is 0 Å². The number of carbonyl (C=O) groups is 1. The van der Waals surface area contributed by atoms with Gasteiger partial charge >= 0.3 is 0 Å². The van der Waals surface area contributed by atoms with Crippen LogP contribution in [0.3, 0.4) is 0 Å². The molecule has 5 heteroatoms. The summed E-state index contributed by atoms with van der Waals surface area (Å²) in [7, 11) is 0. The summed E-state index contributed by atoms with van der Waals surface area (Å²) in [6, 6.07) is 10.7. The van der Waals surface area contributed by atoms with Crippen molar-refractivity contribution in [2.24, 2.45) is 0 Å². The third-order valence-electron chi connectivity index (χ3n) is 2.97. The Labute approximate surface area is 131 Å². The van der Waals surface area contributed by atoms with Crippen LogP contribution in [0.5, 0.6) is 0 Å². The summed E-state index contributed by atoms with van der Waals surface area (Å²) < 4.78 is 0.976. The second-order valence-corrected chi connectivity index (χ2v) is 5.64. The first-order valence-electron chi connectivity index (χ1n) is 6.16. The van der Waals surface area contributed by atoms with E-state index in [0.29, 0.717) is 16.3 Å². The molecule has 0 heterocycles. The minimum atomic E-state index is -0.301. The molecule has 0 aliphatic carbocycles. The summed E-state index contributed by atoms with van der Waals surface area (Å²) in [5, 5.41) is 3.21. The van der Waals surface area contributed by atoms with Crippen molar-refractivity contribution in [3.05, 3.63) is 57.0 Å². The van der Waals surface area contributed by atoms with Gasteiger partial charge in [0.1, 0.15) is 0 Å². The molecule has 0 radical (unpaired) electrons. The van der Waals surface area contributed by atoms with Crippen LogP contribution in [0, 0.1) is 0 Å². The van der Waals surface area contributed by atoms with Gasteiger partial charge in [-0.2, -0.15) is 0 Å². The quantitative estimate of drug-likeness (QED) is 0.798. The molecule has 3 N–H and O–H groups in total. The van der Waals surface area contributed by atoms with E-state index in [-0.39, 0.29) is 5.91 Å². The lowest BCUT2D eigenvalue weighted by Crippen LogP contribution is -2.15. The zero-order valence-electron chi connectivity index (χ0n) is 10.9. The minimum absolute atomic E-state index is 0.301. The average molecular weight is 354 g/mol. The molecule has 0 aliphatic rings. The highest BCUT2D eigenvalue weighted by atomic mass is 79.9. The van der Waals surface area contributed by atoms with Gasteiger partial charge in [-0.15, -0.1) is 0 Å². The van der Waals surface area contributed by atoms with Crippen molar-refractivity contribution < 1.29 is 4.79 Å². The third-order valence-corrected chi connectivity index (χ3v) is 3.78. The van der Waals surface area contributed by atoms with Gasteiger partial charge in [-0.3, -0.25) is 4.79 Å². The number of benzene rings is 2. The molecule has 2 aromatic carbocycles. The van der Waals surface area contributed by atoms with E-state index in [1.807, 2.05) is 25.1 Å². The maximum Gasteiger partial charge on any atom is 0.259 e. The highest BCUT2D eigenvalue weighted by molar-refractivity contribution is 9.10. The fourth-order valence-corrected chi connectivity index (χ4v) is 2.62. The third kappa shape index (κ3) is 3.14. The van der Waals surface area contributed by atoms with Crippen molar-refractivity contribution in [3.8, 4) is 0 Å². The molecule has 20 heavy (non-hydrogen) atoms. The van der Waals surface area contributed by atoms with Crippen LogP contribution in [-0.2, 0) is 6.42 Å². The average Bonchev–Trinajstić information content (AvgIpc) is 2.40. The Morgan fingerprint density at radius 1 is 1.35 bits per heavy atom. The van der Waals surface area contributed by atoms with Crippen molar-refractivity contribution in [1.82, 2.24) is 0 Å². The molecule has 0 unspecified atom stereocenters. The zero-order chi connectivity index (χ0) is 14.7. The molecule has 0 fully saturated rings. The van der Waals surface area contributed by atoms with E-state index in [1.165, 1.54) is 0 Å². The van der Waals surface area contributed by atoms with E-state index in [0.717, 1.165) is 22.1 Å². The highest BCUT2D eigenvalue weighted by Gasteiger charge is 2.15. The topological polar surface area (TPSA) is 55.1 Å². The smallest absolute Gasteiger partial charge is 0.259 e. The summed E-state index contributed by atoms with van der Waals surface area (Å²) in [4.78, 5) is 12.3. The van der Waals surface area contributed by atoms with Gasteiger partial charge in [-0.25, -0.2) is 0 Å². The Kier molecular flexibility index (Phi) is 4.68. The largest absolute Gasteiger partial charge is 0.398 e. The molecule has 0 spiro atoms. The Morgan fingerprint density at radius 2 is 2.10 bits per heavy atom. The number of nitrogens with one attached hydrogen (secondary N) is 1. The number of carbonyl (C=O) groups excluding carboxylic acids is 1. The first-order chi connectivity index (χ1) is 9.52. The van der Waals surface area contributed by atoms with Crippen LogP contribution in [-0.4, -0.2) is 5.91 Å². The van der Waals surface area contributed by atoms with Gasteiger partial charge < -0.3 is 11.1 Å². The summed E-state index contributed by atoms with van der Waals surface area (Å²) in [6.45, 7) is 2.03. The Bertz CT molecular complexity index is 638. The monoisotopic (exact) mass is 352 g/mol. The lowest BCUT2D eigenvalue weighted by atomic mass is 10.1. The predicted molar refractivity (Wildman–Crippen MR) is 87.3 cm³/mol. The molecule has 1 amide bonds. The van der Waals surface area contributed by atoms with E-state index in [2.05, 4.69) is 21.2 Å². The molecular formula is C15H14BrClN2O. The standard InChI is InChI=1S/C15H14BrClN2O/c1-2-9-8-10(16)6-7-13(9)19-15(20)14-11(17)4-3-5-12(14)18/h3-8H,2,18H2,1H3,(H,19,20). The number of hydrogen-bond donors (Lipinski definition) is 2. The van der Waals surface area contributed by atoms with E-state index in [9.17, 15) is 4.79 Å². The second kappa shape index (κ2) is 6.29. The molecule has 0 aliphatic heterocycles. The lowest BCUT2D eigenvalue weighted by molar-refractivity contribution is 0.102. The summed E-state index contributed by atoms with van der Waals surface area (Å²) in [5.41, 5.74) is 8.29. The maximum absolute atomic E-state index is 12.3. The lowest BCUT2D eigenvalue weighted by Gasteiger charge is -2.12. The molecule has 0 bridgehead atoms. The normalized spacial score (nSPS) is 10.3. The first kappa shape index (κ1) is 14.9. The number of anilines is 2. The van der Waals surface area contributed by atoms with Crippen LogP contribution in [0.1, 0.15) is 22.8 Å². The summed E-state index contributed by atoms with van der Waals surface area (Å²) in [5.74, 6) is -0.301. The number of amides is 1. The predicted octanol–water partition coefficient (Wildman–Crippen LogP) is 4.50. The highest BCUT2D eigenvalue weighted by Crippen LogP contribution is 2.26. The number of hydrogen-bond acceptors (Lipinski definition) is 2. The van der Waals surface area contributed by atoms with Gasteiger partial charge in [0.15, 0.2) is 0 Å². The maximum atomic E-state index is 12.3. The van der Waals surface area contributed by atoms with Crippen molar-refractivity contribution >= 4 is 44.8 Å². The van der Waals surface area contributed by atoms with Crippen LogP contribution < -0.4 is 11.1 Å². The summed E-state index contributed by atoms with van der Waals surface area (Å²) in [6.07, 6.45) is 0.813. The van der Waals surface area contributed by atoms with E-state index in [4.69, 9.17) is 17.3 Å². The molecule has 0 saturated heterocycles. The Morgan fingerprint density at radius 3 is 2.75 bits per heavy atom. The fraction of sp³-hybridized carbons (Fsp3) is 0.133.